The van der Waals surface area contributed by atoms with Gasteiger partial charge in [-0.1, -0.05) is 6.92 Å². The van der Waals surface area contributed by atoms with E-state index in [-0.39, 0.29) is 75.8 Å². The van der Waals surface area contributed by atoms with Gasteiger partial charge in [0.1, 0.15) is 5.82 Å². The molecule has 5 nitrogen and oxygen atoms in total. The fourth-order valence-electron chi connectivity index (χ4n) is 5.03. The third-order valence-electron chi connectivity index (χ3n) is 7.09. The lowest BCUT2D eigenvalue weighted by Gasteiger charge is -2.51. The zero-order valence-electron chi connectivity index (χ0n) is 19.9. The van der Waals surface area contributed by atoms with Crippen LogP contribution in [-0.2, 0) is 16.2 Å². The summed E-state index contributed by atoms with van der Waals surface area (Å²) in [4.78, 5) is 14.7. The summed E-state index contributed by atoms with van der Waals surface area (Å²) in [5, 5.41) is 0. The fraction of sp³-hybridized carbons (Fsp3) is 0.696. The minimum Gasteiger partial charge on any atom is -0.295 e. The Balaban J connectivity index is 0.00000456. The van der Waals surface area contributed by atoms with E-state index < -0.39 is 50.4 Å². The zero-order chi connectivity index (χ0) is 26.1. The van der Waals surface area contributed by atoms with Gasteiger partial charge in [-0.25, -0.2) is 21.6 Å². The molecule has 206 valence electrons. The maximum Gasteiger partial charge on any atom is 0.416 e. The molecular weight excluding hydrogens is 534 g/mol. The fourth-order valence-corrected chi connectivity index (χ4v) is 6.53. The quantitative estimate of drug-likeness (QED) is 0.308. The van der Waals surface area contributed by atoms with E-state index >= 15 is 0 Å². The number of Topliss-reactive ketones (excluding diaryl/α,β-unsaturated/α-hetero) is 1. The van der Waals surface area contributed by atoms with Gasteiger partial charge in [-0.15, -0.1) is 12.4 Å². The minimum atomic E-state index is -4.74. The second-order valence-corrected chi connectivity index (χ2v) is 11.5. The number of hydrogen-bond acceptors (Lipinski definition) is 4. The molecule has 0 aromatic heterocycles. The molecule has 1 saturated heterocycles. The van der Waals surface area contributed by atoms with Crippen molar-refractivity contribution in [2.45, 2.75) is 69.5 Å². The first-order valence-electron chi connectivity index (χ1n) is 11.7. The molecule has 0 amide bonds. The molecule has 1 heterocycles. The van der Waals surface area contributed by atoms with Crippen molar-refractivity contribution in [2.75, 3.05) is 31.9 Å². The van der Waals surface area contributed by atoms with Crippen molar-refractivity contribution in [1.29, 1.82) is 0 Å². The number of hydrogen-bond donors (Lipinski definition) is 0. The molecule has 1 aromatic rings. The van der Waals surface area contributed by atoms with E-state index in [2.05, 4.69) is 0 Å². The van der Waals surface area contributed by atoms with Crippen LogP contribution in [0.25, 0.3) is 0 Å². The van der Waals surface area contributed by atoms with Crippen LogP contribution in [0.1, 0.15) is 67.8 Å². The van der Waals surface area contributed by atoms with Gasteiger partial charge in [0.15, 0.2) is 5.78 Å². The molecule has 13 heteroatoms. The van der Waals surface area contributed by atoms with Crippen molar-refractivity contribution in [1.82, 2.24) is 9.21 Å². The van der Waals surface area contributed by atoms with E-state index in [4.69, 9.17) is 0 Å². The predicted octanol–water partition coefficient (Wildman–Crippen LogP) is 5.53. The van der Waals surface area contributed by atoms with Gasteiger partial charge in [0, 0.05) is 51.0 Å². The molecule has 1 aliphatic carbocycles. The van der Waals surface area contributed by atoms with Gasteiger partial charge in [0.05, 0.1) is 16.9 Å². The lowest BCUT2D eigenvalue weighted by molar-refractivity contribution is -0.137. The van der Waals surface area contributed by atoms with E-state index in [0.29, 0.717) is 25.6 Å². The SMILES string of the molecule is CCCS(=O)(=O)N1CCN(C2(CCC(=O)c3ccc(C(F)(F)F)cc3F)CCC(F)(F)CC2)CC1.Cl. The van der Waals surface area contributed by atoms with E-state index in [1.165, 1.54) is 4.31 Å². The summed E-state index contributed by atoms with van der Waals surface area (Å²) in [6, 6.07) is 1.73. The Morgan fingerprint density at radius 3 is 2.11 bits per heavy atom. The maximum atomic E-state index is 14.3. The molecule has 36 heavy (non-hydrogen) atoms. The Labute approximate surface area is 213 Å². The molecule has 1 saturated carbocycles. The van der Waals surface area contributed by atoms with Gasteiger partial charge in [-0.05, 0) is 43.9 Å². The number of nitrogens with zero attached hydrogens (tertiary/aromatic N) is 2. The van der Waals surface area contributed by atoms with Crippen LogP contribution in [0.15, 0.2) is 18.2 Å². The largest absolute Gasteiger partial charge is 0.416 e. The van der Waals surface area contributed by atoms with Crippen LogP contribution in [0.4, 0.5) is 26.3 Å². The number of carbonyl (C=O) groups excluding carboxylic acids is 1. The van der Waals surface area contributed by atoms with Gasteiger partial charge in [0.2, 0.25) is 15.9 Å². The van der Waals surface area contributed by atoms with E-state index in [0.717, 1.165) is 6.07 Å². The van der Waals surface area contributed by atoms with Crippen molar-refractivity contribution >= 4 is 28.2 Å². The molecule has 2 fully saturated rings. The van der Waals surface area contributed by atoms with Crippen LogP contribution in [-0.4, -0.2) is 66.8 Å². The Kier molecular flexibility index (Phi) is 9.92. The summed E-state index contributed by atoms with van der Waals surface area (Å²) in [6.07, 6.45) is -4.95. The average Bonchev–Trinajstić information content (AvgIpc) is 2.78. The molecule has 1 aliphatic heterocycles. The molecule has 0 bridgehead atoms. The molecule has 0 unspecified atom stereocenters. The molecule has 1 aromatic carbocycles. The highest BCUT2D eigenvalue weighted by Gasteiger charge is 2.47. The Bertz CT molecular complexity index is 1020. The molecule has 0 N–H and O–H groups in total. The normalized spacial score (nSPS) is 21.1. The highest BCUT2D eigenvalue weighted by Crippen LogP contribution is 2.44. The van der Waals surface area contributed by atoms with Gasteiger partial charge < -0.3 is 0 Å². The minimum absolute atomic E-state index is 0. The third-order valence-corrected chi connectivity index (χ3v) is 9.17. The lowest BCUT2D eigenvalue weighted by Crippen LogP contribution is -2.60. The molecule has 0 atom stereocenters. The van der Waals surface area contributed by atoms with Gasteiger partial charge in [0.25, 0.3) is 0 Å². The number of ketones is 1. The molecular formula is C23H31ClF6N2O3S. The Morgan fingerprint density at radius 2 is 1.61 bits per heavy atom. The summed E-state index contributed by atoms with van der Waals surface area (Å²) >= 11 is 0. The summed E-state index contributed by atoms with van der Waals surface area (Å²) in [6.45, 7) is 2.82. The Hall–Kier alpha value is -1.37. The van der Waals surface area contributed by atoms with Gasteiger partial charge >= 0.3 is 6.18 Å². The number of carbonyl (C=O) groups is 1. The Morgan fingerprint density at radius 1 is 1.03 bits per heavy atom. The first-order chi connectivity index (χ1) is 16.2. The molecule has 0 spiro atoms. The number of piperazine rings is 1. The van der Waals surface area contributed by atoms with Crippen LogP contribution in [0, 0.1) is 5.82 Å². The smallest absolute Gasteiger partial charge is 0.295 e. The maximum absolute atomic E-state index is 14.3. The summed E-state index contributed by atoms with van der Waals surface area (Å²) in [5.41, 5.74) is -2.46. The average molecular weight is 565 g/mol. The summed E-state index contributed by atoms with van der Waals surface area (Å²) in [5.74, 6) is -4.78. The van der Waals surface area contributed by atoms with Crippen molar-refractivity contribution in [2.24, 2.45) is 0 Å². The monoisotopic (exact) mass is 564 g/mol. The zero-order valence-corrected chi connectivity index (χ0v) is 21.6. The molecule has 3 rings (SSSR count). The van der Waals surface area contributed by atoms with Crippen LogP contribution in [0.5, 0.6) is 0 Å². The van der Waals surface area contributed by atoms with Crippen LogP contribution in [0.2, 0.25) is 0 Å². The summed E-state index contributed by atoms with van der Waals surface area (Å²) < 4.78 is 107. The van der Waals surface area contributed by atoms with Crippen molar-refractivity contribution in [3.63, 3.8) is 0 Å². The number of sulfonamides is 1. The first-order valence-corrected chi connectivity index (χ1v) is 13.3. The number of halogens is 7. The van der Waals surface area contributed by atoms with E-state index in [1.807, 2.05) is 4.90 Å². The van der Waals surface area contributed by atoms with E-state index in [1.54, 1.807) is 6.92 Å². The standard InChI is InChI=1S/C23H30F6N2O3S.ClH/c1-2-15-35(33,34)31-13-11-30(12-14-31)21(7-9-22(25,26)10-8-21)6-5-20(32)18-4-3-17(16-19(18)24)23(27,28)29;/h3-4,16H,2,5-15H2,1H3;1H. The van der Waals surface area contributed by atoms with Crippen molar-refractivity contribution in [3.05, 3.63) is 35.1 Å². The first kappa shape index (κ1) is 30.9. The molecule has 2 aliphatic rings. The number of rotatable bonds is 8. The highest BCUT2D eigenvalue weighted by molar-refractivity contribution is 7.89. The van der Waals surface area contributed by atoms with Crippen LogP contribution >= 0.6 is 12.4 Å². The predicted molar refractivity (Wildman–Crippen MR) is 126 cm³/mol. The van der Waals surface area contributed by atoms with Crippen LogP contribution < -0.4 is 0 Å². The highest BCUT2D eigenvalue weighted by atomic mass is 35.5. The second kappa shape index (κ2) is 11.6. The van der Waals surface area contributed by atoms with Crippen LogP contribution in [0.3, 0.4) is 0 Å². The van der Waals surface area contributed by atoms with Gasteiger partial charge in [-0.2, -0.15) is 17.5 Å². The van der Waals surface area contributed by atoms with Crippen molar-refractivity contribution in [3.8, 4) is 0 Å². The summed E-state index contributed by atoms with van der Waals surface area (Å²) in [7, 11) is -3.40. The van der Waals surface area contributed by atoms with E-state index in [9.17, 15) is 39.6 Å². The topological polar surface area (TPSA) is 57.7 Å². The third kappa shape index (κ3) is 7.14. The molecule has 0 radical (unpaired) electrons. The number of alkyl halides is 5. The lowest BCUT2D eigenvalue weighted by atomic mass is 9.74. The van der Waals surface area contributed by atoms with Crippen molar-refractivity contribution < 1.29 is 39.6 Å². The number of benzene rings is 1. The second-order valence-electron chi connectivity index (χ2n) is 9.40. The van der Waals surface area contributed by atoms with Gasteiger partial charge in [-0.3, -0.25) is 9.69 Å².